The molecule has 0 spiro atoms. The predicted octanol–water partition coefficient (Wildman–Crippen LogP) is 0.794. The van der Waals surface area contributed by atoms with Crippen LogP contribution in [-0.4, -0.2) is 40.9 Å². The minimum atomic E-state index is -4.01. The maximum absolute atomic E-state index is 11.6. The normalized spacial score (nSPS) is 30.6. The van der Waals surface area contributed by atoms with Crippen LogP contribution in [0.2, 0.25) is 0 Å². The molecule has 17 heavy (non-hydrogen) atoms. The number of carbonyl (C=O) groups is 1. The van der Waals surface area contributed by atoms with Gasteiger partial charge in [-0.05, 0) is 32.6 Å². The number of hydrogen-bond donors (Lipinski definition) is 1. The van der Waals surface area contributed by atoms with Crippen LogP contribution in [0.3, 0.4) is 0 Å². The first-order valence-electron chi connectivity index (χ1n) is 5.70. The highest BCUT2D eigenvalue weighted by molar-refractivity contribution is 7.86. The summed E-state index contributed by atoms with van der Waals surface area (Å²) < 4.78 is 31.3. The largest absolute Gasteiger partial charge is 0.285 e. The van der Waals surface area contributed by atoms with Crippen LogP contribution in [0.1, 0.15) is 39.0 Å². The van der Waals surface area contributed by atoms with E-state index in [0.29, 0.717) is 19.3 Å². The van der Waals surface area contributed by atoms with Gasteiger partial charge >= 0.3 is 0 Å². The Labute approximate surface area is 100 Å². The molecule has 1 heterocycles. The van der Waals surface area contributed by atoms with E-state index in [-0.39, 0.29) is 18.4 Å². The van der Waals surface area contributed by atoms with Crippen LogP contribution in [0.4, 0.5) is 0 Å². The molecule has 0 saturated heterocycles. The van der Waals surface area contributed by atoms with E-state index in [2.05, 4.69) is 5.10 Å². The molecule has 1 fully saturated rings. The Balaban J connectivity index is 2.10. The molecule has 7 heteroatoms. The summed E-state index contributed by atoms with van der Waals surface area (Å²) in [4.78, 5) is 11.6. The third kappa shape index (κ3) is 2.66. The quantitative estimate of drug-likeness (QED) is 0.744. The van der Waals surface area contributed by atoms with E-state index in [1.807, 2.05) is 0 Å². The van der Waals surface area contributed by atoms with Crippen molar-refractivity contribution in [2.45, 2.75) is 50.3 Å². The number of carbonyl (C=O) groups excluding carboxylic acids is 1. The monoisotopic (exact) mass is 260 g/mol. The second-order valence-corrected chi connectivity index (χ2v) is 6.40. The van der Waals surface area contributed by atoms with Crippen molar-refractivity contribution >= 4 is 21.7 Å². The van der Waals surface area contributed by atoms with Gasteiger partial charge in [0.25, 0.3) is 10.1 Å². The second-order valence-electron chi connectivity index (χ2n) is 4.71. The van der Waals surface area contributed by atoms with Crippen molar-refractivity contribution in [3.05, 3.63) is 0 Å². The molecule has 0 bridgehead atoms. The number of nitrogens with zero attached hydrogens (tertiary/aromatic N) is 2. The van der Waals surface area contributed by atoms with Crippen molar-refractivity contribution in [2.75, 3.05) is 0 Å². The van der Waals surface area contributed by atoms with Gasteiger partial charge in [0.05, 0.1) is 17.7 Å². The maximum Gasteiger partial charge on any atom is 0.267 e. The van der Waals surface area contributed by atoms with E-state index in [4.69, 9.17) is 4.55 Å². The fraction of sp³-hybridized carbons (Fsp3) is 0.800. The maximum atomic E-state index is 11.6. The average molecular weight is 260 g/mol. The number of amides is 1. The van der Waals surface area contributed by atoms with E-state index in [0.717, 1.165) is 12.1 Å². The molecule has 1 aliphatic carbocycles. The van der Waals surface area contributed by atoms with Crippen LogP contribution in [0.15, 0.2) is 5.10 Å². The standard InChI is InChI=1S/C10H16N2O4S/c1-7-5-10(13)12(11-7)8-3-2-4-9(6-8)17(14,15)16/h8-9H,2-6H2,1H3,(H,14,15,16). The lowest BCUT2D eigenvalue weighted by molar-refractivity contribution is -0.131. The molecule has 0 aromatic heterocycles. The van der Waals surface area contributed by atoms with Gasteiger partial charge in [0.1, 0.15) is 0 Å². The molecule has 1 amide bonds. The fourth-order valence-electron chi connectivity index (χ4n) is 2.47. The van der Waals surface area contributed by atoms with Gasteiger partial charge in [-0.15, -0.1) is 0 Å². The Morgan fingerprint density at radius 2 is 2.12 bits per heavy atom. The van der Waals surface area contributed by atoms with Crippen LogP contribution in [0, 0.1) is 0 Å². The van der Waals surface area contributed by atoms with Gasteiger partial charge in [0.2, 0.25) is 5.91 Å². The number of hydrogen-bond acceptors (Lipinski definition) is 4. The lowest BCUT2D eigenvalue weighted by atomic mass is 9.94. The van der Waals surface area contributed by atoms with E-state index in [9.17, 15) is 13.2 Å². The molecule has 0 aromatic carbocycles. The Hall–Kier alpha value is -0.950. The van der Waals surface area contributed by atoms with Crippen molar-refractivity contribution in [3.8, 4) is 0 Å². The fourth-order valence-corrected chi connectivity index (χ4v) is 3.40. The van der Waals surface area contributed by atoms with Gasteiger partial charge in [-0.25, -0.2) is 5.01 Å². The summed E-state index contributed by atoms with van der Waals surface area (Å²) in [6.45, 7) is 1.78. The average Bonchev–Trinajstić information content (AvgIpc) is 2.57. The summed E-state index contributed by atoms with van der Waals surface area (Å²) in [6, 6.07) is -0.194. The topological polar surface area (TPSA) is 87.0 Å². The van der Waals surface area contributed by atoms with Gasteiger partial charge in [-0.3, -0.25) is 9.35 Å². The van der Waals surface area contributed by atoms with Crippen molar-refractivity contribution in [2.24, 2.45) is 5.10 Å². The van der Waals surface area contributed by atoms with Gasteiger partial charge in [-0.2, -0.15) is 13.5 Å². The highest BCUT2D eigenvalue weighted by Gasteiger charge is 2.36. The van der Waals surface area contributed by atoms with Crippen molar-refractivity contribution in [1.29, 1.82) is 0 Å². The van der Waals surface area contributed by atoms with E-state index in [1.54, 1.807) is 6.92 Å². The molecule has 2 unspecified atom stereocenters. The molecule has 2 rings (SSSR count). The first-order valence-corrected chi connectivity index (χ1v) is 7.20. The Morgan fingerprint density at radius 3 is 2.65 bits per heavy atom. The summed E-state index contributed by atoms with van der Waals surface area (Å²) in [5.74, 6) is -0.0801. The van der Waals surface area contributed by atoms with Gasteiger partial charge < -0.3 is 0 Å². The highest BCUT2D eigenvalue weighted by Crippen LogP contribution is 2.29. The van der Waals surface area contributed by atoms with Crippen LogP contribution in [0.25, 0.3) is 0 Å². The van der Waals surface area contributed by atoms with Crippen LogP contribution < -0.4 is 0 Å². The molecule has 96 valence electrons. The van der Waals surface area contributed by atoms with Gasteiger partial charge in [0, 0.05) is 5.71 Å². The summed E-state index contributed by atoms with van der Waals surface area (Å²) in [5.41, 5.74) is 0.754. The summed E-state index contributed by atoms with van der Waals surface area (Å²) in [6.07, 6.45) is 2.48. The first kappa shape index (κ1) is 12.5. The Bertz CT molecular complexity index is 457. The highest BCUT2D eigenvalue weighted by atomic mass is 32.2. The third-order valence-corrected chi connectivity index (χ3v) is 4.58. The molecular formula is C10H16N2O4S. The minimum absolute atomic E-state index is 0.0801. The zero-order valence-corrected chi connectivity index (χ0v) is 10.5. The molecule has 1 saturated carbocycles. The van der Waals surface area contributed by atoms with Gasteiger partial charge in [0.15, 0.2) is 0 Å². The molecular weight excluding hydrogens is 244 g/mol. The smallest absolute Gasteiger partial charge is 0.267 e. The van der Waals surface area contributed by atoms with Crippen LogP contribution in [-0.2, 0) is 14.9 Å². The molecule has 0 aromatic rings. The lowest BCUT2D eigenvalue weighted by Crippen LogP contribution is -2.40. The lowest BCUT2D eigenvalue weighted by Gasteiger charge is -2.31. The van der Waals surface area contributed by atoms with Crippen LogP contribution >= 0.6 is 0 Å². The van der Waals surface area contributed by atoms with E-state index in [1.165, 1.54) is 5.01 Å². The van der Waals surface area contributed by atoms with Crippen molar-refractivity contribution in [1.82, 2.24) is 5.01 Å². The van der Waals surface area contributed by atoms with Crippen LogP contribution in [0.5, 0.6) is 0 Å². The summed E-state index contributed by atoms with van der Waals surface area (Å²) in [5, 5.41) is 4.77. The van der Waals surface area contributed by atoms with Gasteiger partial charge in [-0.1, -0.05) is 0 Å². The van der Waals surface area contributed by atoms with E-state index >= 15 is 0 Å². The molecule has 2 aliphatic rings. The zero-order chi connectivity index (χ0) is 12.6. The Kier molecular flexibility index (Phi) is 3.22. The number of hydrazone groups is 1. The second kappa shape index (κ2) is 4.38. The molecule has 6 nitrogen and oxygen atoms in total. The zero-order valence-electron chi connectivity index (χ0n) is 9.66. The SMILES string of the molecule is CC1=NN(C2CCCC(S(=O)(=O)O)C2)C(=O)C1. The number of rotatable bonds is 2. The summed E-state index contributed by atoms with van der Waals surface area (Å²) >= 11 is 0. The van der Waals surface area contributed by atoms with E-state index < -0.39 is 15.4 Å². The molecule has 1 aliphatic heterocycles. The van der Waals surface area contributed by atoms with Crippen molar-refractivity contribution in [3.63, 3.8) is 0 Å². The third-order valence-electron chi connectivity index (χ3n) is 3.31. The minimum Gasteiger partial charge on any atom is -0.285 e. The molecule has 0 radical (unpaired) electrons. The summed E-state index contributed by atoms with van der Waals surface area (Å²) in [7, 11) is -4.01. The molecule has 2 atom stereocenters. The first-order chi connectivity index (χ1) is 7.88. The predicted molar refractivity (Wildman–Crippen MR) is 62.2 cm³/mol. The van der Waals surface area contributed by atoms with Crippen molar-refractivity contribution < 1.29 is 17.8 Å². The molecule has 1 N–H and O–H groups in total. The Morgan fingerprint density at radius 1 is 1.41 bits per heavy atom.